The largest absolute Gasteiger partial charge is 0.353 e. The zero-order valence-corrected chi connectivity index (χ0v) is 11.6. The molecule has 1 amide bonds. The van der Waals surface area contributed by atoms with E-state index in [0.29, 0.717) is 12.6 Å². The van der Waals surface area contributed by atoms with E-state index >= 15 is 0 Å². The van der Waals surface area contributed by atoms with Gasteiger partial charge in [-0.05, 0) is 32.7 Å². The van der Waals surface area contributed by atoms with E-state index in [1.807, 2.05) is 6.92 Å². The highest BCUT2D eigenvalue weighted by molar-refractivity contribution is 5.81. The van der Waals surface area contributed by atoms with Crippen LogP contribution in [0, 0.1) is 5.92 Å². The van der Waals surface area contributed by atoms with Crippen LogP contribution in [0.15, 0.2) is 0 Å². The van der Waals surface area contributed by atoms with Gasteiger partial charge in [-0.15, -0.1) is 0 Å². The van der Waals surface area contributed by atoms with Gasteiger partial charge in [0.05, 0.1) is 6.04 Å². The van der Waals surface area contributed by atoms with E-state index in [-0.39, 0.29) is 17.9 Å². The van der Waals surface area contributed by atoms with Gasteiger partial charge < -0.3 is 11.1 Å². The van der Waals surface area contributed by atoms with Crippen molar-refractivity contribution in [3.8, 4) is 0 Å². The third-order valence-corrected chi connectivity index (χ3v) is 3.95. The van der Waals surface area contributed by atoms with Gasteiger partial charge in [0.25, 0.3) is 0 Å². The van der Waals surface area contributed by atoms with Crippen molar-refractivity contribution < 1.29 is 4.79 Å². The molecule has 2 unspecified atom stereocenters. The molecule has 1 aliphatic carbocycles. The summed E-state index contributed by atoms with van der Waals surface area (Å²) >= 11 is 0. The van der Waals surface area contributed by atoms with E-state index in [2.05, 4.69) is 31.1 Å². The van der Waals surface area contributed by atoms with Crippen molar-refractivity contribution in [2.75, 3.05) is 13.6 Å². The lowest BCUT2D eigenvalue weighted by molar-refractivity contribution is -0.123. The molecule has 0 heterocycles. The summed E-state index contributed by atoms with van der Waals surface area (Å²) in [5.41, 5.74) is 5.88. The average molecular weight is 241 g/mol. The second-order valence-electron chi connectivity index (χ2n) is 5.40. The monoisotopic (exact) mass is 241 g/mol. The van der Waals surface area contributed by atoms with Gasteiger partial charge in [-0.25, -0.2) is 0 Å². The van der Waals surface area contributed by atoms with Crippen LogP contribution in [0.3, 0.4) is 0 Å². The van der Waals surface area contributed by atoms with Gasteiger partial charge in [0, 0.05) is 18.6 Å². The fraction of sp³-hybridized carbons (Fsp3) is 0.923. The second-order valence-corrected chi connectivity index (χ2v) is 5.40. The maximum absolute atomic E-state index is 11.8. The molecule has 4 heteroatoms. The van der Waals surface area contributed by atoms with Crippen molar-refractivity contribution in [3.63, 3.8) is 0 Å². The topological polar surface area (TPSA) is 58.4 Å². The first-order chi connectivity index (χ1) is 7.97. The minimum absolute atomic E-state index is 0.0182. The van der Waals surface area contributed by atoms with Crippen molar-refractivity contribution in [1.29, 1.82) is 0 Å². The highest BCUT2D eigenvalue weighted by Gasteiger charge is 2.29. The molecular weight excluding hydrogens is 214 g/mol. The predicted molar refractivity (Wildman–Crippen MR) is 70.7 cm³/mol. The summed E-state index contributed by atoms with van der Waals surface area (Å²) in [7, 11) is 2.13. The highest BCUT2D eigenvalue weighted by atomic mass is 16.2. The Morgan fingerprint density at radius 3 is 2.53 bits per heavy atom. The average Bonchev–Trinajstić information content (AvgIpc) is 3.16. The molecule has 0 aromatic heterocycles. The number of carbonyl (C=O) groups is 1. The Kier molecular flexibility index (Phi) is 5.40. The summed E-state index contributed by atoms with van der Waals surface area (Å²) in [6.45, 7) is 6.91. The summed E-state index contributed by atoms with van der Waals surface area (Å²) in [6.07, 6.45) is 3.52. The second kappa shape index (κ2) is 6.36. The fourth-order valence-electron chi connectivity index (χ4n) is 1.86. The van der Waals surface area contributed by atoms with Gasteiger partial charge in [-0.1, -0.05) is 20.3 Å². The van der Waals surface area contributed by atoms with Crippen LogP contribution in [-0.2, 0) is 4.79 Å². The Morgan fingerprint density at radius 2 is 2.06 bits per heavy atom. The van der Waals surface area contributed by atoms with Gasteiger partial charge in [0.1, 0.15) is 0 Å². The molecule has 0 saturated heterocycles. The van der Waals surface area contributed by atoms with E-state index in [9.17, 15) is 4.79 Å². The van der Waals surface area contributed by atoms with E-state index in [1.165, 1.54) is 12.8 Å². The standard InChI is InChI=1S/C13H27N3O/c1-5-9(2)12(14)13(17)15-8-10(3)16(4)11-6-7-11/h9-12H,5-8,14H2,1-4H3,(H,15,17)/t9?,10?,12-/m0/s1. The Labute approximate surface area is 105 Å². The third kappa shape index (κ3) is 4.28. The summed E-state index contributed by atoms with van der Waals surface area (Å²) < 4.78 is 0. The molecule has 0 spiro atoms. The Balaban J connectivity index is 2.26. The van der Waals surface area contributed by atoms with Crippen LogP contribution in [0.5, 0.6) is 0 Å². The van der Waals surface area contributed by atoms with E-state index in [0.717, 1.165) is 12.5 Å². The third-order valence-electron chi connectivity index (χ3n) is 3.95. The number of carbonyl (C=O) groups excluding carboxylic acids is 1. The van der Waals surface area contributed by atoms with Crippen molar-refractivity contribution in [3.05, 3.63) is 0 Å². The normalized spacial score (nSPS) is 21.1. The van der Waals surface area contributed by atoms with Crippen molar-refractivity contribution >= 4 is 5.91 Å². The van der Waals surface area contributed by atoms with Crippen molar-refractivity contribution in [2.45, 2.75) is 58.2 Å². The number of nitrogens with zero attached hydrogens (tertiary/aromatic N) is 1. The molecule has 100 valence electrons. The van der Waals surface area contributed by atoms with Gasteiger partial charge >= 0.3 is 0 Å². The molecule has 1 saturated carbocycles. The van der Waals surface area contributed by atoms with E-state index < -0.39 is 0 Å². The van der Waals surface area contributed by atoms with Gasteiger partial charge in [-0.2, -0.15) is 0 Å². The van der Waals surface area contributed by atoms with Crippen LogP contribution in [0.2, 0.25) is 0 Å². The number of nitrogens with one attached hydrogen (secondary N) is 1. The molecule has 1 rings (SSSR count). The number of hydrogen-bond acceptors (Lipinski definition) is 3. The molecule has 1 fully saturated rings. The number of rotatable bonds is 7. The quantitative estimate of drug-likeness (QED) is 0.698. The van der Waals surface area contributed by atoms with Gasteiger partial charge in [0.2, 0.25) is 5.91 Å². The lowest BCUT2D eigenvalue weighted by Crippen LogP contribution is -2.48. The minimum atomic E-state index is -0.376. The zero-order valence-electron chi connectivity index (χ0n) is 11.6. The molecule has 3 atom stereocenters. The van der Waals surface area contributed by atoms with Crippen LogP contribution >= 0.6 is 0 Å². The Morgan fingerprint density at radius 1 is 1.47 bits per heavy atom. The first-order valence-corrected chi connectivity index (χ1v) is 6.72. The first kappa shape index (κ1) is 14.5. The Bertz CT molecular complexity index is 253. The van der Waals surface area contributed by atoms with Crippen LogP contribution in [0.1, 0.15) is 40.0 Å². The number of amides is 1. The summed E-state index contributed by atoms with van der Waals surface area (Å²) in [5, 5.41) is 2.96. The Hall–Kier alpha value is -0.610. The van der Waals surface area contributed by atoms with Crippen LogP contribution in [-0.4, -0.2) is 42.5 Å². The van der Waals surface area contributed by atoms with Crippen LogP contribution < -0.4 is 11.1 Å². The fourth-order valence-corrected chi connectivity index (χ4v) is 1.86. The van der Waals surface area contributed by atoms with Crippen LogP contribution in [0.4, 0.5) is 0 Å². The predicted octanol–water partition coefficient (Wildman–Crippen LogP) is 0.959. The molecular formula is C13H27N3O. The number of likely N-dealkylation sites (N-methyl/N-ethyl adjacent to an activating group) is 1. The molecule has 4 nitrogen and oxygen atoms in total. The van der Waals surface area contributed by atoms with Gasteiger partial charge in [0.15, 0.2) is 0 Å². The molecule has 0 bridgehead atoms. The zero-order chi connectivity index (χ0) is 13.0. The lowest BCUT2D eigenvalue weighted by Gasteiger charge is -2.26. The number of hydrogen-bond donors (Lipinski definition) is 2. The van der Waals surface area contributed by atoms with E-state index in [4.69, 9.17) is 5.73 Å². The van der Waals surface area contributed by atoms with Crippen molar-refractivity contribution in [1.82, 2.24) is 10.2 Å². The molecule has 0 aromatic rings. The molecule has 0 radical (unpaired) electrons. The SMILES string of the molecule is CCC(C)[C@H](N)C(=O)NCC(C)N(C)C1CC1. The molecule has 3 N–H and O–H groups in total. The minimum Gasteiger partial charge on any atom is -0.353 e. The highest BCUT2D eigenvalue weighted by Crippen LogP contribution is 2.26. The van der Waals surface area contributed by atoms with Crippen molar-refractivity contribution in [2.24, 2.45) is 11.7 Å². The summed E-state index contributed by atoms with van der Waals surface area (Å²) in [5.74, 6) is 0.224. The maximum atomic E-state index is 11.8. The summed E-state index contributed by atoms with van der Waals surface area (Å²) in [4.78, 5) is 14.1. The molecule has 0 aromatic carbocycles. The number of nitrogens with two attached hydrogens (primary N) is 1. The first-order valence-electron chi connectivity index (χ1n) is 6.72. The smallest absolute Gasteiger partial charge is 0.237 e. The van der Waals surface area contributed by atoms with E-state index in [1.54, 1.807) is 0 Å². The molecule has 17 heavy (non-hydrogen) atoms. The lowest BCUT2D eigenvalue weighted by atomic mass is 9.99. The van der Waals surface area contributed by atoms with Gasteiger partial charge in [-0.3, -0.25) is 9.69 Å². The maximum Gasteiger partial charge on any atom is 0.237 e. The van der Waals surface area contributed by atoms with Crippen LogP contribution in [0.25, 0.3) is 0 Å². The molecule has 1 aliphatic rings. The summed E-state index contributed by atoms with van der Waals surface area (Å²) in [6, 6.07) is 0.735. The molecule has 0 aliphatic heterocycles.